The Hall–Kier alpha value is -2.16. The van der Waals surface area contributed by atoms with Crippen LogP contribution in [0.1, 0.15) is 36.9 Å². The van der Waals surface area contributed by atoms with Gasteiger partial charge in [0.2, 0.25) is 0 Å². The maximum absolute atomic E-state index is 13.3. The zero-order valence-electron chi connectivity index (χ0n) is 17.2. The van der Waals surface area contributed by atoms with Crippen LogP contribution in [-0.4, -0.2) is 34.8 Å². The van der Waals surface area contributed by atoms with Gasteiger partial charge in [0.05, 0.1) is 18.6 Å². The second-order valence-electron chi connectivity index (χ2n) is 6.77. The predicted molar refractivity (Wildman–Crippen MR) is 131 cm³/mol. The van der Waals surface area contributed by atoms with Crippen molar-refractivity contribution in [1.29, 1.82) is 0 Å². The standard InChI is InChI=1S/C23H22BrNO4S2/c1-3-4-12-29-18-11-10-17(24)13-16(18)14-19-21(26)25(23(30)31-19)20(22(27)28-2)15-8-6-5-7-9-15/h5-11,13-14,20H,3-4,12H2,1-2H3/b19-14+. The third-order valence-corrected chi connectivity index (χ3v) is 6.46. The van der Waals surface area contributed by atoms with E-state index in [2.05, 4.69) is 22.9 Å². The molecule has 1 heterocycles. The van der Waals surface area contributed by atoms with Crippen molar-refractivity contribution < 1.29 is 19.1 Å². The van der Waals surface area contributed by atoms with Gasteiger partial charge in [0.15, 0.2) is 6.04 Å². The van der Waals surface area contributed by atoms with E-state index in [4.69, 9.17) is 21.7 Å². The van der Waals surface area contributed by atoms with E-state index in [0.29, 0.717) is 27.1 Å². The number of amides is 1. The average molecular weight is 520 g/mol. The van der Waals surface area contributed by atoms with Crippen molar-refractivity contribution in [3.63, 3.8) is 0 Å². The Balaban J connectivity index is 1.95. The van der Waals surface area contributed by atoms with E-state index in [-0.39, 0.29) is 5.91 Å². The zero-order chi connectivity index (χ0) is 22.4. The van der Waals surface area contributed by atoms with E-state index in [1.54, 1.807) is 30.3 Å². The number of rotatable bonds is 8. The summed E-state index contributed by atoms with van der Waals surface area (Å²) in [5.41, 5.74) is 1.40. The van der Waals surface area contributed by atoms with Crippen molar-refractivity contribution in [2.45, 2.75) is 25.8 Å². The van der Waals surface area contributed by atoms with Crippen LogP contribution in [0.5, 0.6) is 5.75 Å². The van der Waals surface area contributed by atoms with Gasteiger partial charge in [-0.15, -0.1) is 0 Å². The maximum atomic E-state index is 13.3. The molecule has 1 fully saturated rings. The Morgan fingerprint density at radius 1 is 1.26 bits per heavy atom. The third kappa shape index (κ3) is 5.56. The summed E-state index contributed by atoms with van der Waals surface area (Å²) >= 11 is 10.1. The number of thioether (sulfide) groups is 1. The molecule has 162 valence electrons. The summed E-state index contributed by atoms with van der Waals surface area (Å²) < 4.78 is 12.0. The van der Waals surface area contributed by atoms with Gasteiger partial charge < -0.3 is 9.47 Å². The quantitative estimate of drug-likeness (QED) is 0.191. The first-order chi connectivity index (χ1) is 15.0. The molecule has 1 unspecified atom stereocenters. The van der Waals surface area contributed by atoms with Crippen molar-refractivity contribution in [1.82, 2.24) is 4.90 Å². The Morgan fingerprint density at radius 2 is 2.00 bits per heavy atom. The molecule has 1 atom stereocenters. The Labute approximate surface area is 199 Å². The summed E-state index contributed by atoms with van der Waals surface area (Å²) in [4.78, 5) is 27.6. The molecule has 0 radical (unpaired) electrons. The lowest BCUT2D eigenvalue weighted by molar-refractivity contribution is -0.148. The van der Waals surface area contributed by atoms with Gasteiger partial charge in [-0.05, 0) is 36.3 Å². The lowest BCUT2D eigenvalue weighted by atomic mass is 10.1. The molecule has 3 rings (SSSR count). The molecule has 1 amide bonds. The summed E-state index contributed by atoms with van der Waals surface area (Å²) in [6.07, 6.45) is 3.72. The van der Waals surface area contributed by atoms with Gasteiger partial charge in [0.25, 0.3) is 5.91 Å². The van der Waals surface area contributed by atoms with Gasteiger partial charge in [-0.25, -0.2) is 4.79 Å². The van der Waals surface area contributed by atoms with Gasteiger partial charge in [0.1, 0.15) is 10.1 Å². The fourth-order valence-electron chi connectivity index (χ4n) is 3.07. The molecule has 0 N–H and O–H groups in total. The molecule has 0 aromatic heterocycles. The Bertz CT molecular complexity index is 1010. The molecular formula is C23H22BrNO4S2. The normalized spacial score (nSPS) is 16.0. The van der Waals surface area contributed by atoms with Crippen molar-refractivity contribution in [2.24, 2.45) is 0 Å². The molecule has 5 nitrogen and oxygen atoms in total. The minimum absolute atomic E-state index is 0.305. The number of thiocarbonyl (C=S) groups is 1. The van der Waals surface area contributed by atoms with Crippen molar-refractivity contribution in [3.8, 4) is 5.75 Å². The van der Waals surface area contributed by atoms with Crippen LogP contribution >= 0.6 is 39.9 Å². The fraction of sp³-hybridized carbons (Fsp3) is 0.261. The molecule has 1 aliphatic heterocycles. The van der Waals surface area contributed by atoms with E-state index in [9.17, 15) is 9.59 Å². The highest BCUT2D eigenvalue weighted by Gasteiger charge is 2.42. The summed E-state index contributed by atoms with van der Waals surface area (Å²) in [5.74, 6) is -0.196. The monoisotopic (exact) mass is 519 g/mol. The highest BCUT2D eigenvalue weighted by molar-refractivity contribution is 9.10. The number of nitrogens with zero attached hydrogens (tertiary/aromatic N) is 1. The van der Waals surface area contributed by atoms with Crippen LogP contribution < -0.4 is 4.74 Å². The summed E-state index contributed by atoms with van der Waals surface area (Å²) in [6, 6.07) is 13.7. The number of hydrogen-bond donors (Lipinski definition) is 0. The number of carbonyl (C=O) groups is 2. The molecule has 1 aliphatic rings. The lowest BCUT2D eigenvalue weighted by Crippen LogP contribution is -2.37. The number of methoxy groups -OCH3 is 1. The van der Waals surface area contributed by atoms with Gasteiger partial charge in [-0.1, -0.05) is 83.6 Å². The number of hydrogen-bond acceptors (Lipinski definition) is 6. The van der Waals surface area contributed by atoms with Gasteiger partial charge in [0, 0.05) is 10.0 Å². The number of halogens is 1. The topological polar surface area (TPSA) is 55.8 Å². The molecule has 0 aliphatic carbocycles. The maximum Gasteiger partial charge on any atom is 0.333 e. The molecule has 2 aromatic carbocycles. The minimum atomic E-state index is -0.938. The van der Waals surface area contributed by atoms with E-state index < -0.39 is 12.0 Å². The molecule has 1 saturated heterocycles. The van der Waals surface area contributed by atoms with Crippen molar-refractivity contribution in [3.05, 3.63) is 69.0 Å². The highest BCUT2D eigenvalue weighted by Crippen LogP contribution is 2.40. The van der Waals surface area contributed by atoms with Gasteiger partial charge >= 0.3 is 5.97 Å². The number of esters is 1. The number of unbranched alkanes of at least 4 members (excludes halogenated alkanes) is 1. The Kier molecular flexibility index (Phi) is 8.28. The second kappa shape index (κ2) is 10.9. The highest BCUT2D eigenvalue weighted by atomic mass is 79.9. The van der Waals surface area contributed by atoms with Crippen LogP contribution in [0.2, 0.25) is 0 Å². The second-order valence-corrected chi connectivity index (χ2v) is 9.36. The largest absolute Gasteiger partial charge is 0.493 e. The first kappa shape index (κ1) is 23.5. The van der Waals surface area contributed by atoms with Crippen LogP contribution in [0.15, 0.2) is 57.9 Å². The third-order valence-electron chi connectivity index (χ3n) is 4.64. The van der Waals surface area contributed by atoms with Crippen molar-refractivity contribution >= 4 is 62.2 Å². The Morgan fingerprint density at radius 3 is 2.68 bits per heavy atom. The van der Waals surface area contributed by atoms with Crippen LogP contribution in [0, 0.1) is 0 Å². The van der Waals surface area contributed by atoms with E-state index in [1.807, 2.05) is 24.3 Å². The molecule has 2 aromatic rings. The number of benzene rings is 2. The van der Waals surface area contributed by atoms with Gasteiger partial charge in [-0.3, -0.25) is 9.69 Å². The lowest BCUT2D eigenvalue weighted by Gasteiger charge is -2.24. The summed E-state index contributed by atoms with van der Waals surface area (Å²) in [6.45, 7) is 2.69. The summed E-state index contributed by atoms with van der Waals surface area (Å²) in [7, 11) is 1.30. The minimum Gasteiger partial charge on any atom is -0.493 e. The molecule has 0 spiro atoms. The van der Waals surface area contributed by atoms with Crippen LogP contribution in [0.25, 0.3) is 6.08 Å². The van der Waals surface area contributed by atoms with Crippen LogP contribution in [0.3, 0.4) is 0 Å². The molecular weight excluding hydrogens is 498 g/mol. The number of ether oxygens (including phenoxy) is 2. The zero-order valence-corrected chi connectivity index (χ0v) is 20.4. The number of carbonyl (C=O) groups excluding carboxylic acids is 2. The first-order valence-electron chi connectivity index (χ1n) is 9.78. The fourth-order valence-corrected chi connectivity index (χ4v) is 4.75. The summed E-state index contributed by atoms with van der Waals surface area (Å²) in [5, 5.41) is 0. The molecule has 0 saturated carbocycles. The predicted octanol–water partition coefficient (Wildman–Crippen LogP) is 5.74. The van der Waals surface area contributed by atoms with E-state index in [0.717, 1.165) is 34.6 Å². The molecule has 8 heteroatoms. The SMILES string of the molecule is CCCCOc1ccc(Br)cc1/C=C1/SC(=S)N(C(C(=O)OC)c2ccccc2)C1=O. The van der Waals surface area contributed by atoms with E-state index in [1.165, 1.54) is 12.0 Å². The molecule has 31 heavy (non-hydrogen) atoms. The van der Waals surface area contributed by atoms with Crippen LogP contribution in [0.4, 0.5) is 0 Å². The van der Waals surface area contributed by atoms with Crippen molar-refractivity contribution in [2.75, 3.05) is 13.7 Å². The molecule has 0 bridgehead atoms. The van der Waals surface area contributed by atoms with E-state index >= 15 is 0 Å². The van der Waals surface area contributed by atoms with Crippen LogP contribution in [-0.2, 0) is 14.3 Å². The van der Waals surface area contributed by atoms with Gasteiger partial charge in [-0.2, -0.15) is 0 Å². The smallest absolute Gasteiger partial charge is 0.333 e. The first-order valence-corrected chi connectivity index (χ1v) is 11.8. The average Bonchev–Trinajstić information content (AvgIpc) is 3.04.